The zero-order valence-electron chi connectivity index (χ0n) is 20.8. The van der Waals surface area contributed by atoms with Crippen LogP contribution in [0.15, 0.2) is 35.3 Å². The van der Waals surface area contributed by atoms with E-state index in [9.17, 15) is 4.79 Å². The molecule has 1 amide bonds. The van der Waals surface area contributed by atoms with E-state index in [0.29, 0.717) is 5.91 Å². The van der Waals surface area contributed by atoms with E-state index in [2.05, 4.69) is 40.1 Å². The maximum atomic E-state index is 14.6. The van der Waals surface area contributed by atoms with E-state index in [4.69, 9.17) is 4.99 Å². The van der Waals surface area contributed by atoms with Gasteiger partial charge in [-0.2, -0.15) is 0 Å². The fourth-order valence-electron chi connectivity index (χ4n) is 9.55. The van der Waals surface area contributed by atoms with Gasteiger partial charge in [-0.05, 0) is 107 Å². The van der Waals surface area contributed by atoms with Crippen molar-refractivity contribution < 1.29 is 4.79 Å². The second kappa shape index (κ2) is 8.18. The number of nitrogens with zero attached hydrogens (tertiary/aromatic N) is 3. The molecule has 1 aromatic carbocycles. The molecule has 5 saturated carbocycles. The van der Waals surface area contributed by atoms with Crippen molar-refractivity contribution in [2.75, 3.05) is 18.0 Å². The maximum absolute atomic E-state index is 14.6. The summed E-state index contributed by atoms with van der Waals surface area (Å²) in [5.41, 5.74) is 0.860. The normalized spacial score (nSPS) is 40.5. The van der Waals surface area contributed by atoms with E-state index in [0.717, 1.165) is 55.2 Å². The van der Waals surface area contributed by atoms with Crippen LogP contribution in [0, 0.1) is 23.2 Å². The van der Waals surface area contributed by atoms with E-state index < -0.39 is 0 Å². The lowest BCUT2D eigenvalue weighted by atomic mass is 9.53. The third-order valence-electron chi connectivity index (χ3n) is 10.5. The number of benzene rings is 1. The van der Waals surface area contributed by atoms with Gasteiger partial charge < -0.3 is 0 Å². The van der Waals surface area contributed by atoms with Crippen LogP contribution in [0.3, 0.4) is 0 Å². The van der Waals surface area contributed by atoms with Crippen LogP contribution in [0.1, 0.15) is 89.9 Å². The number of carbonyl (C=O) groups is 1. The van der Waals surface area contributed by atoms with Gasteiger partial charge in [-0.1, -0.05) is 43.9 Å². The Labute approximate surface area is 205 Å². The second-order valence-corrected chi connectivity index (χ2v) is 12.8. The fraction of sp³-hybridized carbons (Fsp3) is 0.733. The molecule has 0 radical (unpaired) electrons. The average Bonchev–Trinajstić information content (AvgIpc) is 3.06. The summed E-state index contributed by atoms with van der Waals surface area (Å²) in [5, 5.41) is 0. The Kier molecular flexibility index (Phi) is 5.20. The number of likely N-dealkylation sites (tertiary alicyclic amines) is 1. The highest BCUT2D eigenvalue weighted by Crippen LogP contribution is 2.58. The number of carbonyl (C=O) groups excluding carboxylic acids is 1. The van der Waals surface area contributed by atoms with Gasteiger partial charge in [0, 0.05) is 0 Å². The van der Waals surface area contributed by atoms with Crippen molar-refractivity contribution in [3.63, 3.8) is 0 Å². The van der Waals surface area contributed by atoms with Gasteiger partial charge in [0.25, 0.3) is 0 Å². The minimum atomic E-state index is -0.271. The molecule has 2 aliphatic heterocycles. The van der Waals surface area contributed by atoms with Crippen molar-refractivity contribution in [2.45, 2.75) is 101 Å². The molecule has 5 aliphatic carbocycles. The third kappa shape index (κ3) is 3.34. The van der Waals surface area contributed by atoms with Crippen molar-refractivity contribution >= 4 is 17.4 Å². The number of anilines is 1. The van der Waals surface area contributed by atoms with Crippen LogP contribution in [0.5, 0.6) is 0 Å². The van der Waals surface area contributed by atoms with Crippen molar-refractivity contribution in [1.82, 2.24) is 4.90 Å². The summed E-state index contributed by atoms with van der Waals surface area (Å²) in [6, 6.07) is 10.7. The molecule has 1 aromatic rings. The monoisotopic (exact) mass is 459 g/mol. The Morgan fingerprint density at radius 1 is 0.765 bits per heavy atom. The van der Waals surface area contributed by atoms with Crippen LogP contribution >= 0.6 is 0 Å². The molecule has 1 atom stereocenters. The van der Waals surface area contributed by atoms with Gasteiger partial charge in [0.05, 0.1) is 22.7 Å². The van der Waals surface area contributed by atoms with Gasteiger partial charge in [-0.15, -0.1) is 0 Å². The highest BCUT2D eigenvalue weighted by molar-refractivity contribution is 6.27. The zero-order chi connectivity index (χ0) is 22.8. The first kappa shape index (κ1) is 21.6. The third-order valence-corrected chi connectivity index (χ3v) is 10.5. The summed E-state index contributed by atoms with van der Waals surface area (Å²) in [5.74, 6) is 4.11. The summed E-state index contributed by atoms with van der Waals surface area (Å²) in [6.45, 7) is 2.25. The first-order valence-corrected chi connectivity index (χ1v) is 14.4. The Hall–Kier alpha value is -1.68. The summed E-state index contributed by atoms with van der Waals surface area (Å²) in [4.78, 5) is 25.2. The molecule has 1 spiro atoms. The van der Waals surface area contributed by atoms with Crippen molar-refractivity contribution in [3.8, 4) is 0 Å². The Balaban J connectivity index is 1.38. The van der Waals surface area contributed by atoms with Gasteiger partial charge >= 0.3 is 0 Å². The number of amides is 1. The van der Waals surface area contributed by atoms with Crippen LogP contribution in [0.25, 0.3) is 0 Å². The highest BCUT2D eigenvalue weighted by atomic mass is 16.2. The van der Waals surface area contributed by atoms with Crippen LogP contribution in [-0.2, 0) is 4.79 Å². The summed E-state index contributed by atoms with van der Waals surface area (Å²) >= 11 is 0. The number of hydrogen-bond donors (Lipinski definition) is 0. The molecule has 0 aromatic heterocycles. The van der Waals surface area contributed by atoms with E-state index >= 15 is 0 Å². The number of amidine groups is 1. The smallest absolute Gasteiger partial charge is 0.240 e. The Morgan fingerprint density at radius 2 is 1.35 bits per heavy atom. The fourth-order valence-corrected chi connectivity index (χ4v) is 9.55. The lowest BCUT2D eigenvalue weighted by Crippen LogP contribution is -2.54. The zero-order valence-corrected chi connectivity index (χ0v) is 20.8. The molecule has 8 rings (SSSR count). The first-order valence-electron chi connectivity index (χ1n) is 14.4. The Bertz CT molecular complexity index is 921. The Morgan fingerprint density at radius 3 is 1.97 bits per heavy atom. The average molecular weight is 460 g/mol. The minimum absolute atomic E-state index is 0.0889. The minimum Gasteiger partial charge on any atom is -0.293 e. The topological polar surface area (TPSA) is 35.9 Å². The number of piperidine rings is 1. The number of hydrogen-bond acceptors (Lipinski definition) is 3. The van der Waals surface area contributed by atoms with Crippen molar-refractivity contribution in [1.29, 1.82) is 0 Å². The molecule has 7 aliphatic rings. The summed E-state index contributed by atoms with van der Waals surface area (Å²) < 4.78 is 0. The van der Waals surface area contributed by atoms with Gasteiger partial charge in [-0.25, -0.2) is 0 Å². The van der Waals surface area contributed by atoms with Gasteiger partial charge in [0.2, 0.25) is 5.91 Å². The molecule has 4 nitrogen and oxygen atoms in total. The lowest BCUT2D eigenvalue weighted by molar-refractivity contribution is -0.130. The van der Waals surface area contributed by atoms with Crippen LogP contribution in [0.4, 0.5) is 5.69 Å². The van der Waals surface area contributed by atoms with Crippen LogP contribution in [0.2, 0.25) is 0 Å². The molecule has 0 unspecified atom stereocenters. The first-order chi connectivity index (χ1) is 16.7. The van der Waals surface area contributed by atoms with E-state index in [1.807, 2.05) is 0 Å². The van der Waals surface area contributed by atoms with E-state index in [1.54, 1.807) is 0 Å². The molecule has 2 heterocycles. The molecular formula is C30H41N3O. The SMILES string of the molecule is O=C1N(c2ccccc2)C(=NC23CC4CC(CC(C4)C2)C3)[C@@H](N2CCCCC2)C12CCCCC2. The van der Waals surface area contributed by atoms with Gasteiger partial charge in [0.1, 0.15) is 5.84 Å². The molecule has 34 heavy (non-hydrogen) atoms. The summed E-state index contributed by atoms with van der Waals surface area (Å²) in [6.07, 6.45) is 17.7. The van der Waals surface area contributed by atoms with E-state index in [-0.39, 0.29) is 17.0 Å². The molecule has 0 N–H and O–H groups in total. The number of aliphatic imine (C=N–C) groups is 1. The van der Waals surface area contributed by atoms with Crippen molar-refractivity contribution in [2.24, 2.45) is 28.2 Å². The molecular weight excluding hydrogens is 418 g/mol. The van der Waals surface area contributed by atoms with Crippen LogP contribution in [-0.4, -0.2) is 41.3 Å². The predicted octanol–water partition coefficient (Wildman–Crippen LogP) is 6.21. The maximum Gasteiger partial charge on any atom is 0.240 e. The van der Waals surface area contributed by atoms with E-state index in [1.165, 1.54) is 77.0 Å². The molecule has 7 fully saturated rings. The molecule has 4 bridgehead atoms. The number of para-hydroxylation sites is 1. The predicted molar refractivity (Wildman–Crippen MR) is 137 cm³/mol. The quantitative estimate of drug-likeness (QED) is 0.539. The lowest BCUT2D eigenvalue weighted by Gasteiger charge is -2.55. The summed E-state index contributed by atoms with van der Waals surface area (Å²) in [7, 11) is 0. The molecule has 4 heteroatoms. The largest absolute Gasteiger partial charge is 0.293 e. The van der Waals surface area contributed by atoms with Crippen molar-refractivity contribution in [3.05, 3.63) is 30.3 Å². The van der Waals surface area contributed by atoms with Crippen LogP contribution < -0.4 is 4.90 Å². The molecule has 182 valence electrons. The standard InChI is InChI=1S/C30H41N3O/c34-28-30(12-6-2-7-13-30)26(32-14-8-3-9-15-32)27(33(28)25-10-4-1-5-11-25)31-29-19-22-16-23(20-29)18-24(17-22)21-29/h1,4-5,10-11,22-24,26H,2-3,6-9,12-21H2/t22?,23?,24?,26-,29?/m1/s1. The second-order valence-electron chi connectivity index (χ2n) is 12.8. The highest BCUT2D eigenvalue weighted by Gasteiger charge is 2.61. The van der Waals surface area contributed by atoms with Gasteiger partial charge in [0.15, 0.2) is 0 Å². The number of rotatable bonds is 3. The van der Waals surface area contributed by atoms with Gasteiger partial charge in [-0.3, -0.25) is 19.6 Å². The molecule has 2 saturated heterocycles.